The van der Waals surface area contributed by atoms with Gasteiger partial charge in [-0.15, -0.1) is 11.8 Å². The Hall–Kier alpha value is -3.01. The first-order valence-corrected chi connectivity index (χ1v) is 9.38. The van der Waals surface area contributed by atoms with Gasteiger partial charge in [0.2, 0.25) is 5.91 Å². The van der Waals surface area contributed by atoms with Crippen LogP contribution < -0.4 is 10.6 Å². The van der Waals surface area contributed by atoms with Gasteiger partial charge in [-0.05, 0) is 43.3 Å². The molecule has 1 aliphatic heterocycles. The fraction of sp³-hybridized carbons (Fsp3) is 0.211. The highest BCUT2D eigenvalue weighted by atomic mass is 32.2. The largest absolute Gasteiger partial charge is 0.449 e. The molecular formula is C19H15F3N2O4S. The smallest absolute Gasteiger partial charge is 0.416 e. The van der Waals surface area contributed by atoms with Crippen LogP contribution in [-0.4, -0.2) is 29.6 Å². The maximum atomic E-state index is 12.8. The van der Waals surface area contributed by atoms with Crippen LogP contribution in [0.15, 0.2) is 47.4 Å². The number of alkyl halides is 3. The Morgan fingerprint density at radius 3 is 2.69 bits per heavy atom. The molecule has 0 aromatic heterocycles. The van der Waals surface area contributed by atoms with Gasteiger partial charge in [-0.2, -0.15) is 13.2 Å². The Morgan fingerprint density at radius 1 is 1.21 bits per heavy atom. The molecule has 0 spiro atoms. The van der Waals surface area contributed by atoms with Crippen molar-refractivity contribution in [3.8, 4) is 0 Å². The van der Waals surface area contributed by atoms with Crippen LogP contribution >= 0.6 is 11.8 Å². The number of ether oxygens (including phenoxy) is 1. The van der Waals surface area contributed by atoms with Gasteiger partial charge in [0.1, 0.15) is 0 Å². The molecule has 1 heterocycles. The average Bonchev–Trinajstić information content (AvgIpc) is 2.66. The molecule has 2 amide bonds. The topological polar surface area (TPSA) is 84.5 Å². The second-order valence-electron chi connectivity index (χ2n) is 6.16. The number of thioether (sulfide) groups is 1. The van der Waals surface area contributed by atoms with Gasteiger partial charge < -0.3 is 15.4 Å². The predicted molar refractivity (Wildman–Crippen MR) is 101 cm³/mol. The standard InChI is InChI=1S/C19H15F3N2O4S/c1-10(17(26)23-13-4-2-3-12(8-13)19(20,21)22)28-18(27)11-5-6-15-14(7-11)24-16(25)9-29-15/h2-8,10H,9H2,1H3,(H,23,26)(H,24,25)/t10-/m0/s1. The number of benzene rings is 2. The van der Waals surface area contributed by atoms with Crippen molar-refractivity contribution in [1.82, 2.24) is 0 Å². The summed E-state index contributed by atoms with van der Waals surface area (Å²) in [5.41, 5.74) is -0.373. The minimum atomic E-state index is -4.54. The molecule has 0 bridgehead atoms. The van der Waals surface area contributed by atoms with Crippen molar-refractivity contribution in [3.05, 3.63) is 53.6 Å². The SMILES string of the molecule is C[C@H](OC(=O)c1ccc2c(c1)NC(=O)CS2)C(=O)Nc1cccc(C(F)(F)F)c1. The average molecular weight is 424 g/mol. The van der Waals surface area contributed by atoms with Gasteiger partial charge in [-0.1, -0.05) is 6.07 Å². The van der Waals surface area contributed by atoms with Crippen molar-refractivity contribution < 1.29 is 32.3 Å². The summed E-state index contributed by atoms with van der Waals surface area (Å²) < 4.78 is 43.4. The van der Waals surface area contributed by atoms with Crippen LogP contribution in [0, 0.1) is 0 Å². The Kier molecular flexibility index (Phi) is 5.83. The van der Waals surface area contributed by atoms with Gasteiger partial charge in [0.25, 0.3) is 5.91 Å². The number of anilines is 2. The molecule has 0 radical (unpaired) electrons. The molecule has 6 nitrogen and oxygen atoms in total. The molecule has 152 valence electrons. The summed E-state index contributed by atoms with van der Waals surface area (Å²) in [6, 6.07) is 8.73. The van der Waals surface area contributed by atoms with E-state index >= 15 is 0 Å². The van der Waals surface area contributed by atoms with E-state index in [2.05, 4.69) is 10.6 Å². The predicted octanol–water partition coefficient (Wildman–Crippen LogP) is 3.93. The monoisotopic (exact) mass is 424 g/mol. The maximum Gasteiger partial charge on any atom is 0.416 e. The summed E-state index contributed by atoms with van der Waals surface area (Å²) in [4.78, 5) is 36.7. The van der Waals surface area contributed by atoms with E-state index in [-0.39, 0.29) is 22.9 Å². The quantitative estimate of drug-likeness (QED) is 0.727. The summed E-state index contributed by atoms with van der Waals surface area (Å²) in [5.74, 6) is -1.49. The van der Waals surface area contributed by atoms with E-state index < -0.39 is 29.7 Å². The first-order valence-electron chi connectivity index (χ1n) is 8.39. The van der Waals surface area contributed by atoms with Crippen molar-refractivity contribution in [2.45, 2.75) is 24.1 Å². The van der Waals surface area contributed by atoms with Crippen molar-refractivity contribution in [3.63, 3.8) is 0 Å². The molecule has 0 saturated heterocycles. The maximum absolute atomic E-state index is 12.8. The molecule has 0 unspecified atom stereocenters. The number of halogens is 3. The number of hydrogen-bond donors (Lipinski definition) is 2. The summed E-state index contributed by atoms with van der Waals surface area (Å²) in [6.07, 6.45) is -5.80. The Labute approximate surface area is 167 Å². The van der Waals surface area contributed by atoms with E-state index in [1.54, 1.807) is 6.07 Å². The van der Waals surface area contributed by atoms with E-state index in [1.807, 2.05) is 0 Å². The van der Waals surface area contributed by atoms with Gasteiger partial charge in [0.05, 0.1) is 22.6 Å². The van der Waals surface area contributed by atoms with E-state index in [9.17, 15) is 27.6 Å². The minimum absolute atomic E-state index is 0.0683. The lowest BCUT2D eigenvalue weighted by atomic mass is 10.2. The Balaban J connectivity index is 1.65. The summed E-state index contributed by atoms with van der Waals surface area (Å²) in [5, 5.41) is 4.93. The highest BCUT2D eigenvalue weighted by molar-refractivity contribution is 8.00. The second kappa shape index (κ2) is 8.16. The number of hydrogen-bond acceptors (Lipinski definition) is 5. The number of carbonyl (C=O) groups is 3. The van der Waals surface area contributed by atoms with Gasteiger partial charge in [0, 0.05) is 10.6 Å². The van der Waals surface area contributed by atoms with Gasteiger partial charge in [0.15, 0.2) is 6.10 Å². The molecule has 0 aliphatic carbocycles. The van der Waals surface area contributed by atoms with E-state index in [1.165, 1.54) is 36.9 Å². The fourth-order valence-corrected chi connectivity index (χ4v) is 3.30. The van der Waals surface area contributed by atoms with Gasteiger partial charge >= 0.3 is 12.1 Å². The highest BCUT2D eigenvalue weighted by Crippen LogP contribution is 2.32. The minimum Gasteiger partial charge on any atom is -0.449 e. The first-order chi connectivity index (χ1) is 13.6. The van der Waals surface area contributed by atoms with Crippen LogP contribution in [0.3, 0.4) is 0 Å². The van der Waals surface area contributed by atoms with E-state index in [4.69, 9.17) is 4.74 Å². The van der Waals surface area contributed by atoms with Crippen LogP contribution in [0.5, 0.6) is 0 Å². The van der Waals surface area contributed by atoms with Crippen molar-refractivity contribution in [2.24, 2.45) is 0 Å². The van der Waals surface area contributed by atoms with Crippen molar-refractivity contribution >= 4 is 40.9 Å². The fourth-order valence-electron chi connectivity index (χ4n) is 2.51. The molecule has 1 aliphatic rings. The van der Waals surface area contributed by atoms with Crippen LogP contribution in [0.4, 0.5) is 24.5 Å². The third-order valence-corrected chi connectivity index (χ3v) is 5.03. The number of rotatable bonds is 4. The van der Waals surface area contributed by atoms with Crippen molar-refractivity contribution in [2.75, 3.05) is 16.4 Å². The first kappa shape index (κ1) is 20.7. The van der Waals surface area contributed by atoms with Crippen LogP contribution in [0.2, 0.25) is 0 Å². The van der Waals surface area contributed by atoms with Crippen LogP contribution in [0.1, 0.15) is 22.8 Å². The lowest BCUT2D eigenvalue weighted by molar-refractivity contribution is -0.137. The molecule has 1 atom stereocenters. The zero-order valence-corrected chi connectivity index (χ0v) is 15.8. The van der Waals surface area contributed by atoms with Crippen LogP contribution in [-0.2, 0) is 20.5 Å². The van der Waals surface area contributed by atoms with Gasteiger partial charge in [-0.25, -0.2) is 4.79 Å². The van der Waals surface area contributed by atoms with Crippen molar-refractivity contribution in [1.29, 1.82) is 0 Å². The van der Waals surface area contributed by atoms with E-state index in [0.717, 1.165) is 23.1 Å². The zero-order valence-electron chi connectivity index (χ0n) is 15.0. The molecule has 0 fully saturated rings. The van der Waals surface area contributed by atoms with Crippen LogP contribution in [0.25, 0.3) is 0 Å². The normalized spacial score (nSPS) is 14.4. The summed E-state index contributed by atoms with van der Waals surface area (Å²) >= 11 is 1.33. The molecule has 3 rings (SSSR count). The third-order valence-electron chi connectivity index (χ3n) is 3.96. The van der Waals surface area contributed by atoms with Gasteiger partial charge in [-0.3, -0.25) is 9.59 Å². The molecular weight excluding hydrogens is 409 g/mol. The number of carbonyl (C=O) groups excluding carboxylic acids is 3. The number of fused-ring (bicyclic) bond motifs is 1. The molecule has 2 aromatic carbocycles. The third kappa shape index (κ3) is 5.08. The Bertz CT molecular complexity index is 978. The van der Waals surface area contributed by atoms with E-state index in [0.29, 0.717) is 5.69 Å². The molecule has 2 aromatic rings. The Morgan fingerprint density at radius 2 is 1.97 bits per heavy atom. The summed E-state index contributed by atoms with van der Waals surface area (Å²) in [7, 11) is 0. The molecule has 10 heteroatoms. The number of nitrogens with one attached hydrogen (secondary N) is 2. The molecule has 29 heavy (non-hydrogen) atoms. The number of esters is 1. The molecule has 0 saturated carbocycles. The lowest BCUT2D eigenvalue weighted by Gasteiger charge is -2.18. The highest BCUT2D eigenvalue weighted by Gasteiger charge is 2.30. The molecule has 2 N–H and O–H groups in total. The second-order valence-corrected chi connectivity index (χ2v) is 7.18. The number of amides is 2. The zero-order chi connectivity index (χ0) is 21.2. The lowest BCUT2D eigenvalue weighted by Crippen LogP contribution is -2.30. The summed E-state index contributed by atoms with van der Waals surface area (Å²) in [6.45, 7) is 1.30.